The van der Waals surface area contributed by atoms with E-state index in [1.54, 1.807) is 26.8 Å². The van der Waals surface area contributed by atoms with Gasteiger partial charge in [0.05, 0.1) is 24.4 Å². The third-order valence-corrected chi connectivity index (χ3v) is 7.78. The first-order valence-electron chi connectivity index (χ1n) is 10.6. The Morgan fingerprint density at radius 3 is 2.38 bits per heavy atom. The molecule has 10 nitrogen and oxygen atoms in total. The van der Waals surface area contributed by atoms with Gasteiger partial charge in [0.15, 0.2) is 11.5 Å². The van der Waals surface area contributed by atoms with E-state index < -0.39 is 32.0 Å². The minimum absolute atomic E-state index is 0.0214. The van der Waals surface area contributed by atoms with E-state index in [1.165, 1.54) is 16.4 Å². The van der Waals surface area contributed by atoms with E-state index in [0.717, 1.165) is 6.26 Å². The topological polar surface area (TPSA) is 131 Å². The standard InChI is InChI=1S/C20H33N3O7S2/c1-5-23(31(4,25)26)11-6-10-21-20(24)19(15(2)3)22-32(27,28)16-8-9-17-18(14-16)30-13-7-12-29-17/h8-9,14-15,19,22H,5-7,10-13H2,1-4H3,(H,21,24). The number of carbonyl (C=O) groups excluding carboxylic acids is 1. The molecule has 1 unspecified atom stereocenters. The van der Waals surface area contributed by atoms with Gasteiger partial charge in [-0.15, -0.1) is 0 Å². The summed E-state index contributed by atoms with van der Waals surface area (Å²) >= 11 is 0. The molecule has 0 saturated heterocycles. The zero-order valence-electron chi connectivity index (χ0n) is 19.0. The van der Waals surface area contributed by atoms with Gasteiger partial charge in [0.25, 0.3) is 0 Å². The monoisotopic (exact) mass is 491 g/mol. The lowest BCUT2D eigenvalue weighted by molar-refractivity contribution is -0.123. The molecule has 12 heteroatoms. The zero-order valence-corrected chi connectivity index (χ0v) is 20.6. The van der Waals surface area contributed by atoms with Crippen LogP contribution in [-0.4, -0.2) is 72.2 Å². The molecule has 0 bridgehead atoms. The maximum atomic E-state index is 12.9. The average molecular weight is 492 g/mol. The lowest BCUT2D eigenvalue weighted by Crippen LogP contribution is -2.50. The number of benzene rings is 1. The van der Waals surface area contributed by atoms with E-state index in [4.69, 9.17) is 9.47 Å². The minimum atomic E-state index is -4.00. The van der Waals surface area contributed by atoms with Crippen molar-refractivity contribution >= 4 is 26.0 Å². The molecule has 0 fully saturated rings. The Hall–Kier alpha value is -1.89. The quantitative estimate of drug-likeness (QED) is 0.440. The van der Waals surface area contributed by atoms with Crippen LogP contribution in [0.4, 0.5) is 0 Å². The lowest BCUT2D eigenvalue weighted by atomic mass is 10.1. The summed E-state index contributed by atoms with van der Waals surface area (Å²) in [5.41, 5.74) is 0. The van der Waals surface area contributed by atoms with Crippen LogP contribution >= 0.6 is 0 Å². The fraction of sp³-hybridized carbons (Fsp3) is 0.650. The predicted octanol–water partition coefficient (Wildman–Crippen LogP) is 0.939. The van der Waals surface area contributed by atoms with E-state index in [0.29, 0.717) is 44.1 Å². The van der Waals surface area contributed by atoms with Crippen LogP contribution in [0.2, 0.25) is 0 Å². The molecule has 1 aliphatic rings. The fourth-order valence-electron chi connectivity index (χ4n) is 3.17. The Kier molecular flexibility index (Phi) is 9.31. The molecule has 1 atom stereocenters. The number of nitrogens with one attached hydrogen (secondary N) is 2. The number of fused-ring (bicyclic) bond motifs is 1. The number of sulfonamides is 2. The van der Waals surface area contributed by atoms with Crippen LogP contribution in [0.3, 0.4) is 0 Å². The molecule has 0 saturated carbocycles. The van der Waals surface area contributed by atoms with Gasteiger partial charge in [0.2, 0.25) is 26.0 Å². The first-order chi connectivity index (χ1) is 15.0. The van der Waals surface area contributed by atoms with Gasteiger partial charge in [-0.25, -0.2) is 21.1 Å². The van der Waals surface area contributed by atoms with Gasteiger partial charge in [-0.2, -0.15) is 4.72 Å². The second-order valence-electron chi connectivity index (χ2n) is 7.90. The van der Waals surface area contributed by atoms with Gasteiger partial charge in [-0.1, -0.05) is 20.8 Å². The molecule has 0 aliphatic carbocycles. The molecule has 0 aromatic heterocycles. The molecule has 32 heavy (non-hydrogen) atoms. The van der Waals surface area contributed by atoms with Crippen molar-refractivity contribution < 1.29 is 31.1 Å². The number of amides is 1. The Bertz CT molecular complexity index is 994. The van der Waals surface area contributed by atoms with Crippen LogP contribution in [0.15, 0.2) is 23.1 Å². The Morgan fingerprint density at radius 2 is 1.78 bits per heavy atom. The van der Waals surface area contributed by atoms with Crippen molar-refractivity contribution in [3.05, 3.63) is 18.2 Å². The first kappa shape index (κ1) is 26.4. The van der Waals surface area contributed by atoms with Crippen molar-refractivity contribution in [2.24, 2.45) is 5.92 Å². The summed E-state index contributed by atoms with van der Waals surface area (Å²) < 4.78 is 64.0. The summed E-state index contributed by atoms with van der Waals surface area (Å²) in [5, 5.41) is 2.70. The maximum Gasteiger partial charge on any atom is 0.241 e. The molecule has 1 aromatic carbocycles. The van der Waals surface area contributed by atoms with Gasteiger partial charge < -0.3 is 14.8 Å². The predicted molar refractivity (Wildman–Crippen MR) is 121 cm³/mol. The Balaban J connectivity index is 2.02. The molecular weight excluding hydrogens is 458 g/mol. The van der Waals surface area contributed by atoms with Crippen LogP contribution in [-0.2, 0) is 24.8 Å². The number of nitrogens with zero attached hydrogens (tertiary/aromatic N) is 1. The third-order valence-electron chi connectivity index (χ3n) is 4.97. The number of carbonyl (C=O) groups is 1. The van der Waals surface area contributed by atoms with E-state index in [-0.39, 0.29) is 23.9 Å². The van der Waals surface area contributed by atoms with Crippen LogP contribution in [0.1, 0.15) is 33.6 Å². The molecule has 2 N–H and O–H groups in total. The summed E-state index contributed by atoms with van der Waals surface area (Å²) in [6.45, 7) is 6.97. The van der Waals surface area contributed by atoms with Crippen molar-refractivity contribution in [3.8, 4) is 11.5 Å². The minimum Gasteiger partial charge on any atom is -0.490 e. The SMILES string of the molecule is CCN(CCCNC(=O)C(NS(=O)(=O)c1ccc2c(c1)OCCCO2)C(C)C)S(C)(=O)=O. The maximum absolute atomic E-state index is 12.9. The van der Waals surface area contributed by atoms with Gasteiger partial charge in [0, 0.05) is 32.1 Å². The second kappa shape index (κ2) is 11.3. The molecule has 1 amide bonds. The number of hydrogen-bond donors (Lipinski definition) is 2. The van der Waals surface area contributed by atoms with E-state index in [1.807, 2.05) is 0 Å². The molecule has 0 spiro atoms. The molecule has 1 aromatic rings. The normalized spacial score (nSPS) is 15.4. The van der Waals surface area contributed by atoms with Crippen molar-refractivity contribution in [2.75, 3.05) is 39.1 Å². The zero-order chi connectivity index (χ0) is 23.9. The van der Waals surface area contributed by atoms with E-state index in [9.17, 15) is 21.6 Å². The molecule has 0 radical (unpaired) electrons. The molecular formula is C20H33N3O7S2. The Labute approximate surface area is 190 Å². The van der Waals surface area contributed by atoms with Crippen molar-refractivity contribution in [1.82, 2.24) is 14.3 Å². The van der Waals surface area contributed by atoms with Crippen molar-refractivity contribution in [1.29, 1.82) is 0 Å². The van der Waals surface area contributed by atoms with Gasteiger partial charge >= 0.3 is 0 Å². The van der Waals surface area contributed by atoms with E-state index >= 15 is 0 Å². The molecule has 182 valence electrons. The highest BCUT2D eigenvalue weighted by molar-refractivity contribution is 7.89. The summed E-state index contributed by atoms with van der Waals surface area (Å²) in [7, 11) is -7.30. The van der Waals surface area contributed by atoms with Gasteiger partial charge in [-0.3, -0.25) is 4.79 Å². The van der Waals surface area contributed by atoms with Crippen molar-refractivity contribution in [2.45, 2.75) is 44.6 Å². The van der Waals surface area contributed by atoms with Crippen LogP contribution in [0.5, 0.6) is 11.5 Å². The second-order valence-corrected chi connectivity index (χ2v) is 11.6. The van der Waals surface area contributed by atoms with Gasteiger partial charge in [-0.05, 0) is 24.5 Å². The first-order valence-corrected chi connectivity index (χ1v) is 13.9. The highest BCUT2D eigenvalue weighted by Gasteiger charge is 2.29. The van der Waals surface area contributed by atoms with Crippen molar-refractivity contribution in [3.63, 3.8) is 0 Å². The highest BCUT2D eigenvalue weighted by atomic mass is 32.2. The van der Waals surface area contributed by atoms with E-state index in [2.05, 4.69) is 10.0 Å². The average Bonchev–Trinajstić information content (AvgIpc) is 2.95. The summed E-state index contributed by atoms with van der Waals surface area (Å²) in [5.74, 6) is 0.0470. The fourth-order valence-corrected chi connectivity index (χ4v) is 5.46. The number of rotatable bonds is 11. The van der Waals surface area contributed by atoms with Crippen LogP contribution in [0, 0.1) is 5.92 Å². The summed E-state index contributed by atoms with van der Waals surface area (Å²) in [6, 6.07) is 3.35. The van der Waals surface area contributed by atoms with Gasteiger partial charge in [0.1, 0.15) is 6.04 Å². The Morgan fingerprint density at radius 1 is 1.12 bits per heavy atom. The summed E-state index contributed by atoms with van der Waals surface area (Å²) in [6.07, 6.45) is 2.25. The summed E-state index contributed by atoms with van der Waals surface area (Å²) in [4.78, 5) is 12.6. The molecule has 1 heterocycles. The molecule has 1 aliphatic heterocycles. The number of ether oxygens (including phenoxy) is 2. The highest BCUT2D eigenvalue weighted by Crippen LogP contribution is 2.32. The number of hydrogen-bond acceptors (Lipinski definition) is 7. The largest absolute Gasteiger partial charge is 0.490 e. The van der Waals surface area contributed by atoms with Crippen LogP contribution in [0.25, 0.3) is 0 Å². The molecule has 2 rings (SSSR count). The smallest absolute Gasteiger partial charge is 0.241 e. The van der Waals surface area contributed by atoms with Crippen LogP contribution < -0.4 is 19.5 Å². The lowest BCUT2D eigenvalue weighted by Gasteiger charge is -2.22. The third kappa shape index (κ3) is 7.32.